The van der Waals surface area contributed by atoms with Crippen molar-refractivity contribution in [2.45, 2.75) is 46.1 Å². The van der Waals surface area contributed by atoms with Gasteiger partial charge in [0.1, 0.15) is 0 Å². The first-order valence-electron chi connectivity index (χ1n) is 7.57. The second kappa shape index (κ2) is 7.01. The van der Waals surface area contributed by atoms with Crippen LogP contribution in [0, 0.1) is 0 Å². The molecule has 0 aliphatic carbocycles. The molecule has 2 rings (SSSR count). The zero-order chi connectivity index (χ0) is 13.7. The second-order valence-electron chi connectivity index (χ2n) is 5.21. The number of aromatic nitrogens is 1. The van der Waals surface area contributed by atoms with Gasteiger partial charge in [0, 0.05) is 24.8 Å². The number of hydrogen-bond donors (Lipinski definition) is 0. The minimum Gasteiger partial charge on any atom is -0.381 e. The van der Waals surface area contributed by atoms with Gasteiger partial charge in [-0.2, -0.15) is 0 Å². The van der Waals surface area contributed by atoms with E-state index in [4.69, 9.17) is 9.72 Å². The minimum absolute atomic E-state index is 0.545. The third-order valence-corrected chi connectivity index (χ3v) is 4.07. The van der Waals surface area contributed by atoms with E-state index in [9.17, 15) is 0 Å². The van der Waals surface area contributed by atoms with E-state index in [0.29, 0.717) is 5.92 Å². The quantitative estimate of drug-likeness (QED) is 0.788. The molecule has 0 radical (unpaired) electrons. The van der Waals surface area contributed by atoms with E-state index in [1.807, 2.05) is 0 Å². The van der Waals surface area contributed by atoms with Gasteiger partial charge in [0.05, 0.1) is 12.3 Å². The topological polar surface area (TPSA) is 25.4 Å². The van der Waals surface area contributed by atoms with Gasteiger partial charge in [-0.15, -0.1) is 0 Å². The van der Waals surface area contributed by atoms with Gasteiger partial charge in [-0.25, -0.2) is 0 Å². The van der Waals surface area contributed by atoms with Crippen LogP contribution < -0.4 is 0 Å². The molecule has 0 unspecified atom stereocenters. The maximum absolute atomic E-state index is 5.54. The highest BCUT2D eigenvalue weighted by molar-refractivity contribution is 5.28. The molecule has 0 spiro atoms. The summed E-state index contributed by atoms with van der Waals surface area (Å²) in [5.41, 5.74) is 3.87. The van der Waals surface area contributed by atoms with E-state index in [2.05, 4.69) is 37.8 Å². The summed E-state index contributed by atoms with van der Waals surface area (Å²) in [4.78, 5) is 7.31. The summed E-state index contributed by atoms with van der Waals surface area (Å²) in [6, 6.07) is 4.46. The molecule has 1 aromatic heterocycles. The van der Waals surface area contributed by atoms with Gasteiger partial charge < -0.3 is 4.74 Å². The fourth-order valence-corrected chi connectivity index (χ4v) is 2.69. The Morgan fingerprint density at radius 2 is 2.05 bits per heavy atom. The summed E-state index contributed by atoms with van der Waals surface area (Å²) in [7, 11) is 0. The molecule has 0 aromatic carbocycles. The van der Waals surface area contributed by atoms with Gasteiger partial charge in [0.25, 0.3) is 0 Å². The van der Waals surface area contributed by atoms with Gasteiger partial charge in [-0.05, 0) is 37.6 Å². The molecule has 1 aliphatic heterocycles. The zero-order valence-corrected chi connectivity index (χ0v) is 12.5. The molecule has 106 valence electrons. The van der Waals surface area contributed by atoms with Crippen LogP contribution in [-0.2, 0) is 17.7 Å². The molecule has 0 N–H and O–H groups in total. The Labute approximate surface area is 117 Å². The molecular formula is C16H26N2O. The molecule has 0 amide bonds. The van der Waals surface area contributed by atoms with Crippen LogP contribution in [0.25, 0.3) is 0 Å². The lowest BCUT2D eigenvalue weighted by Crippen LogP contribution is -2.24. The van der Waals surface area contributed by atoms with Gasteiger partial charge in [-0.1, -0.05) is 26.8 Å². The lowest BCUT2D eigenvalue weighted by Gasteiger charge is -2.21. The summed E-state index contributed by atoms with van der Waals surface area (Å²) < 4.78 is 5.54. The number of aryl methyl sites for hydroxylation is 1. The SMILES string of the molecule is CCc1ccc([C@H]2CCOC2)c(CN(CC)CC)n1. The highest BCUT2D eigenvalue weighted by Crippen LogP contribution is 2.28. The van der Waals surface area contributed by atoms with Crippen LogP contribution in [0.15, 0.2) is 12.1 Å². The van der Waals surface area contributed by atoms with E-state index >= 15 is 0 Å². The molecule has 2 heterocycles. The number of ether oxygens (including phenoxy) is 1. The van der Waals surface area contributed by atoms with Crippen LogP contribution in [0.1, 0.15) is 50.1 Å². The van der Waals surface area contributed by atoms with Crippen LogP contribution in [-0.4, -0.2) is 36.2 Å². The molecule has 0 bridgehead atoms. The van der Waals surface area contributed by atoms with Crippen molar-refractivity contribution in [3.8, 4) is 0 Å². The van der Waals surface area contributed by atoms with Gasteiger partial charge in [-0.3, -0.25) is 9.88 Å². The molecule has 1 saturated heterocycles. The zero-order valence-electron chi connectivity index (χ0n) is 12.5. The third kappa shape index (κ3) is 3.54. The molecule has 1 fully saturated rings. The Morgan fingerprint density at radius 3 is 2.63 bits per heavy atom. The lowest BCUT2D eigenvalue weighted by molar-refractivity contribution is 0.193. The van der Waals surface area contributed by atoms with Crippen molar-refractivity contribution in [1.82, 2.24) is 9.88 Å². The maximum atomic E-state index is 5.54. The first-order chi connectivity index (χ1) is 9.28. The molecule has 1 aromatic rings. The van der Waals surface area contributed by atoms with Crippen LogP contribution in [0.4, 0.5) is 0 Å². The van der Waals surface area contributed by atoms with E-state index in [-0.39, 0.29) is 0 Å². The van der Waals surface area contributed by atoms with Crippen LogP contribution in [0.2, 0.25) is 0 Å². The van der Waals surface area contributed by atoms with Crippen LogP contribution in [0.5, 0.6) is 0 Å². The first-order valence-corrected chi connectivity index (χ1v) is 7.57. The average molecular weight is 262 g/mol. The Kier molecular flexibility index (Phi) is 5.34. The molecule has 0 saturated carbocycles. The monoisotopic (exact) mass is 262 g/mol. The summed E-state index contributed by atoms with van der Waals surface area (Å²) >= 11 is 0. The van der Waals surface area contributed by atoms with Gasteiger partial charge in [0.2, 0.25) is 0 Å². The number of nitrogens with zero attached hydrogens (tertiary/aromatic N) is 2. The summed E-state index contributed by atoms with van der Waals surface area (Å²) in [5, 5.41) is 0. The normalized spacial score (nSPS) is 19.3. The Morgan fingerprint density at radius 1 is 1.26 bits per heavy atom. The number of pyridine rings is 1. The molecular weight excluding hydrogens is 236 g/mol. The minimum atomic E-state index is 0.545. The fourth-order valence-electron chi connectivity index (χ4n) is 2.69. The predicted molar refractivity (Wildman–Crippen MR) is 78.4 cm³/mol. The standard InChI is InChI=1S/C16H26N2O/c1-4-14-7-8-15(13-9-10-19-12-13)16(17-14)11-18(5-2)6-3/h7-8,13H,4-6,9-12H2,1-3H3/t13-/m0/s1. The van der Waals surface area contributed by atoms with Crippen molar-refractivity contribution >= 4 is 0 Å². The predicted octanol–water partition coefficient (Wildman–Crippen LogP) is 2.99. The highest BCUT2D eigenvalue weighted by atomic mass is 16.5. The van der Waals surface area contributed by atoms with Crippen molar-refractivity contribution in [3.05, 3.63) is 29.1 Å². The summed E-state index contributed by atoms with van der Waals surface area (Å²) in [6.07, 6.45) is 2.14. The average Bonchev–Trinajstić information content (AvgIpc) is 2.98. The largest absolute Gasteiger partial charge is 0.381 e. The Hall–Kier alpha value is -0.930. The lowest BCUT2D eigenvalue weighted by atomic mass is 9.96. The van der Waals surface area contributed by atoms with Crippen molar-refractivity contribution < 1.29 is 4.74 Å². The van der Waals surface area contributed by atoms with Gasteiger partial charge >= 0.3 is 0 Å². The van der Waals surface area contributed by atoms with Crippen molar-refractivity contribution in [2.24, 2.45) is 0 Å². The second-order valence-corrected chi connectivity index (χ2v) is 5.21. The Bertz CT molecular complexity index is 396. The van der Waals surface area contributed by atoms with Crippen LogP contribution >= 0.6 is 0 Å². The van der Waals surface area contributed by atoms with Crippen molar-refractivity contribution in [3.63, 3.8) is 0 Å². The molecule has 3 heteroatoms. The van der Waals surface area contributed by atoms with E-state index < -0.39 is 0 Å². The molecule has 1 atom stereocenters. The third-order valence-electron chi connectivity index (χ3n) is 4.07. The van der Waals surface area contributed by atoms with E-state index in [0.717, 1.165) is 45.7 Å². The molecule has 1 aliphatic rings. The van der Waals surface area contributed by atoms with Crippen molar-refractivity contribution in [2.75, 3.05) is 26.3 Å². The fraction of sp³-hybridized carbons (Fsp3) is 0.688. The van der Waals surface area contributed by atoms with E-state index in [1.165, 1.54) is 17.0 Å². The first kappa shape index (κ1) is 14.5. The maximum Gasteiger partial charge on any atom is 0.0582 e. The Balaban J connectivity index is 2.25. The van der Waals surface area contributed by atoms with E-state index in [1.54, 1.807) is 0 Å². The smallest absolute Gasteiger partial charge is 0.0582 e. The van der Waals surface area contributed by atoms with Crippen LogP contribution in [0.3, 0.4) is 0 Å². The molecule has 19 heavy (non-hydrogen) atoms. The number of hydrogen-bond acceptors (Lipinski definition) is 3. The summed E-state index contributed by atoms with van der Waals surface area (Å²) in [5.74, 6) is 0.545. The highest BCUT2D eigenvalue weighted by Gasteiger charge is 2.22. The summed E-state index contributed by atoms with van der Waals surface area (Å²) in [6.45, 7) is 11.5. The number of rotatable bonds is 6. The van der Waals surface area contributed by atoms with Gasteiger partial charge in [0.15, 0.2) is 0 Å². The van der Waals surface area contributed by atoms with Crippen molar-refractivity contribution in [1.29, 1.82) is 0 Å². The molecule has 3 nitrogen and oxygen atoms in total.